The molecule has 0 aromatic rings. The van der Waals surface area contributed by atoms with E-state index in [1.165, 1.54) is 13.5 Å². The summed E-state index contributed by atoms with van der Waals surface area (Å²) in [7, 11) is 3.63. The van der Waals surface area contributed by atoms with Crippen LogP contribution in [0.3, 0.4) is 0 Å². The number of esters is 1. The number of likely N-dealkylation sites (N-methyl/N-ethyl adjacent to an activating group) is 1. The Morgan fingerprint density at radius 2 is 2.00 bits per heavy atom. The highest BCUT2D eigenvalue weighted by atomic mass is 16.5. The zero-order valence-corrected chi connectivity index (χ0v) is 14.3. The number of nitrogens with zero attached hydrogens (tertiary/aromatic N) is 1. The van der Waals surface area contributed by atoms with Gasteiger partial charge in [-0.2, -0.15) is 0 Å². The maximum absolute atomic E-state index is 11.8. The molecule has 4 heteroatoms. The van der Waals surface area contributed by atoms with Gasteiger partial charge in [0.25, 0.3) is 0 Å². The number of carbonyl (C=O) groups excluding carboxylic acids is 1. The van der Waals surface area contributed by atoms with Gasteiger partial charge in [-0.3, -0.25) is 4.79 Å². The molecule has 0 radical (unpaired) electrons. The normalized spacial score (nSPS) is 15.9. The number of rotatable bonds is 11. The third kappa shape index (κ3) is 7.25. The van der Waals surface area contributed by atoms with E-state index in [4.69, 9.17) is 4.74 Å². The second-order valence-corrected chi connectivity index (χ2v) is 6.09. The number of unbranched alkanes of at least 4 members (excludes halogenated alkanes) is 1. The Kier molecular flexibility index (Phi) is 9.86. The van der Waals surface area contributed by atoms with Gasteiger partial charge >= 0.3 is 5.97 Å². The number of nitrogens with one attached hydrogen (secondary N) is 1. The first-order chi connectivity index (χ1) is 9.39. The molecule has 1 N–H and O–H groups in total. The third-order valence-corrected chi connectivity index (χ3v) is 3.99. The highest BCUT2D eigenvalue weighted by Gasteiger charge is 2.32. The molecule has 4 nitrogen and oxygen atoms in total. The van der Waals surface area contributed by atoms with Crippen molar-refractivity contribution in [3.05, 3.63) is 0 Å². The van der Waals surface area contributed by atoms with Gasteiger partial charge in [-0.25, -0.2) is 0 Å². The van der Waals surface area contributed by atoms with E-state index in [1.807, 2.05) is 13.8 Å². The van der Waals surface area contributed by atoms with Crippen molar-refractivity contribution in [1.29, 1.82) is 0 Å². The lowest BCUT2D eigenvalue weighted by molar-refractivity contribution is -0.148. The summed E-state index contributed by atoms with van der Waals surface area (Å²) in [6.45, 7) is 11.5. The minimum atomic E-state index is -0.543. The van der Waals surface area contributed by atoms with E-state index in [2.05, 4.69) is 31.1 Å². The highest BCUT2D eigenvalue weighted by Crippen LogP contribution is 2.16. The van der Waals surface area contributed by atoms with Crippen molar-refractivity contribution in [3.8, 4) is 0 Å². The summed E-state index contributed by atoms with van der Waals surface area (Å²) in [5, 5.41) is 3.25. The predicted molar refractivity (Wildman–Crippen MR) is 84.9 cm³/mol. The summed E-state index contributed by atoms with van der Waals surface area (Å²) in [6, 6.07) is 0. The Morgan fingerprint density at radius 3 is 2.50 bits per heavy atom. The SMILES string of the molecule is CCNC(C)(CCCCN(C)CC(C)CC)C(=O)OC. The van der Waals surface area contributed by atoms with E-state index in [-0.39, 0.29) is 5.97 Å². The van der Waals surface area contributed by atoms with Gasteiger partial charge in [0.15, 0.2) is 0 Å². The van der Waals surface area contributed by atoms with Gasteiger partial charge < -0.3 is 15.0 Å². The monoisotopic (exact) mass is 286 g/mol. The number of hydrogen-bond donors (Lipinski definition) is 1. The van der Waals surface area contributed by atoms with Gasteiger partial charge in [0.05, 0.1) is 7.11 Å². The van der Waals surface area contributed by atoms with E-state index >= 15 is 0 Å². The molecule has 0 aromatic carbocycles. The van der Waals surface area contributed by atoms with Gasteiger partial charge in [-0.1, -0.05) is 27.2 Å². The minimum Gasteiger partial charge on any atom is -0.468 e. The van der Waals surface area contributed by atoms with E-state index in [9.17, 15) is 4.79 Å². The number of ether oxygens (including phenoxy) is 1. The average molecular weight is 286 g/mol. The predicted octanol–water partition coefficient (Wildman–Crippen LogP) is 2.68. The van der Waals surface area contributed by atoms with Crippen LogP contribution in [0.25, 0.3) is 0 Å². The molecular formula is C16H34N2O2. The first-order valence-electron chi connectivity index (χ1n) is 7.91. The molecule has 120 valence electrons. The van der Waals surface area contributed by atoms with Gasteiger partial charge in [0, 0.05) is 6.54 Å². The molecule has 0 aromatic heterocycles. The minimum absolute atomic E-state index is 0.160. The van der Waals surface area contributed by atoms with Crippen LogP contribution in [0.5, 0.6) is 0 Å². The first-order valence-corrected chi connectivity index (χ1v) is 7.91. The summed E-state index contributed by atoms with van der Waals surface area (Å²) < 4.78 is 4.90. The smallest absolute Gasteiger partial charge is 0.325 e. The third-order valence-electron chi connectivity index (χ3n) is 3.99. The molecule has 0 spiro atoms. The van der Waals surface area contributed by atoms with Crippen LogP contribution < -0.4 is 5.32 Å². The summed E-state index contributed by atoms with van der Waals surface area (Å²) in [5.41, 5.74) is -0.543. The van der Waals surface area contributed by atoms with Gasteiger partial charge in [0.1, 0.15) is 5.54 Å². The van der Waals surface area contributed by atoms with E-state index < -0.39 is 5.54 Å². The van der Waals surface area contributed by atoms with Crippen molar-refractivity contribution in [3.63, 3.8) is 0 Å². The number of hydrogen-bond acceptors (Lipinski definition) is 4. The highest BCUT2D eigenvalue weighted by molar-refractivity contribution is 5.80. The molecule has 0 aliphatic heterocycles. The molecule has 2 atom stereocenters. The number of methoxy groups -OCH3 is 1. The summed E-state index contributed by atoms with van der Waals surface area (Å²) >= 11 is 0. The van der Waals surface area contributed by atoms with Gasteiger partial charge in [-0.05, 0) is 52.2 Å². The molecule has 0 aliphatic rings. The molecule has 0 fully saturated rings. The Morgan fingerprint density at radius 1 is 1.35 bits per heavy atom. The molecule has 0 saturated carbocycles. The Hall–Kier alpha value is -0.610. The first kappa shape index (κ1) is 19.4. The standard InChI is InChI=1S/C16H34N2O2/c1-7-14(3)13-18(5)12-10-9-11-16(4,17-8-2)15(19)20-6/h14,17H,7-13H2,1-6H3. The van der Waals surface area contributed by atoms with Crippen molar-refractivity contribution < 1.29 is 9.53 Å². The van der Waals surface area contributed by atoms with Crippen LogP contribution in [0.1, 0.15) is 53.4 Å². The summed E-state index contributed by atoms with van der Waals surface area (Å²) in [6.07, 6.45) is 4.20. The maximum Gasteiger partial charge on any atom is 0.325 e. The lowest BCUT2D eigenvalue weighted by atomic mass is 9.94. The largest absolute Gasteiger partial charge is 0.468 e. The molecule has 0 aliphatic carbocycles. The van der Waals surface area contributed by atoms with Crippen molar-refractivity contribution in [2.75, 3.05) is 33.8 Å². The molecule has 0 heterocycles. The Bertz CT molecular complexity index is 271. The van der Waals surface area contributed by atoms with E-state index in [1.54, 1.807) is 0 Å². The average Bonchev–Trinajstić information content (AvgIpc) is 2.42. The second-order valence-electron chi connectivity index (χ2n) is 6.09. The molecular weight excluding hydrogens is 252 g/mol. The van der Waals surface area contributed by atoms with Crippen LogP contribution >= 0.6 is 0 Å². The zero-order chi connectivity index (χ0) is 15.6. The van der Waals surface area contributed by atoms with Crippen molar-refractivity contribution in [2.45, 2.75) is 58.9 Å². The second kappa shape index (κ2) is 10.2. The maximum atomic E-state index is 11.8. The Labute approximate surface area is 125 Å². The lowest BCUT2D eigenvalue weighted by Gasteiger charge is -2.28. The fourth-order valence-electron chi connectivity index (χ4n) is 2.49. The summed E-state index contributed by atoms with van der Waals surface area (Å²) in [5.74, 6) is 0.592. The molecule has 0 bridgehead atoms. The summed E-state index contributed by atoms with van der Waals surface area (Å²) in [4.78, 5) is 14.2. The zero-order valence-electron chi connectivity index (χ0n) is 14.3. The molecule has 0 amide bonds. The molecule has 0 rings (SSSR count). The van der Waals surface area contributed by atoms with Crippen LogP contribution in [0.4, 0.5) is 0 Å². The Balaban J connectivity index is 4.04. The van der Waals surface area contributed by atoms with Crippen LogP contribution in [-0.4, -0.2) is 50.2 Å². The van der Waals surface area contributed by atoms with Crippen LogP contribution in [-0.2, 0) is 9.53 Å². The van der Waals surface area contributed by atoms with Crippen molar-refractivity contribution >= 4 is 5.97 Å². The fourth-order valence-corrected chi connectivity index (χ4v) is 2.49. The van der Waals surface area contributed by atoms with Crippen LogP contribution in [0.2, 0.25) is 0 Å². The lowest BCUT2D eigenvalue weighted by Crippen LogP contribution is -2.50. The molecule has 2 unspecified atom stereocenters. The number of carbonyl (C=O) groups is 1. The van der Waals surface area contributed by atoms with Gasteiger partial charge in [-0.15, -0.1) is 0 Å². The van der Waals surface area contributed by atoms with Crippen molar-refractivity contribution in [1.82, 2.24) is 10.2 Å². The van der Waals surface area contributed by atoms with Crippen LogP contribution in [0, 0.1) is 5.92 Å². The fraction of sp³-hybridized carbons (Fsp3) is 0.938. The van der Waals surface area contributed by atoms with Crippen LogP contribution in [0.15, 0.2) is 0 Å². The van der Waals surface area contributed by atoms with Crippen molar-refractivity contribution in [2.24, 2.45) is 5.92 Å². The van der Waals surface area contributed by atoms with Gasteiger partial charge in [0.2, 0.25) is 0 Å². The topological polar surface area (TPSA) is 41.6 Å². The molecule has 0 saturated heterocycles. The quantitative estimate of drug-likeness (QED) is 0.468. The van der Waals surface area contributed by atoms with E-state index in [0.717, 1.165) is 44.8 Å². The van der Waals surface area contributed by atoms with E-state index in [0.29, 0.717) is 0 Å². The molecule has 20 heavy (non-hydrogen) atoms.